The zero-order valence-electron chi connectivity index (χ0n) is 9.81. The first-order chi connectivity index (χ1) is 8.95. The molecular formula is C11H10ClN3O3S. The summed E-state index contributed by atoms with van der Waals surface area (Å²) in [7, 11) is 0. The summed E-state index contributed by atoms with van der Waals surface area (Å²) in [5, 5.41) is 14.4. The van der Waals surface area contributed by atoms with Crippen LogP contribution in [0.3, 0.4) is 0 Å². The van der Waals surface area contributed by atoms with Gasteiger partial charge in [-0.15, -0.1) is 0 Å². The van der Waals surface area contributed by atoms with Crippen molar-refractivity contribution in [3.8, 4) is 0 Å². The molecule has 1 atom stereocenters. The zero-order chi connectivity index (χ0) is 14.0. The van der Waals surface area contributed by atoms with Gasteiger partial charge in [-0.1, -0.05) is 22.9 Å². The maximum Gasteiger partial charge on any atom is 0.325 e. The minimum Gasteiger partial charge on any atom is -0.480 e. The highest BCUT2D eigenvalue weighted by atomic mass is 35.5. The normalized spacial score (nSPS) is 12.1. The van der Waals surface area contributed by atoms with Crippen molar-refractivity contribution in [1.29, 1.82) is 0 Å². The summed E-state index contributed by atoms with van der Waals surface area (Å²) in [6, 6.07) is 3.62. The number of rotatable bonds is 3. The fourth-order valence-electron chi connectivity index (χ4n) is 1.34. The third-order valence-electron chi connectivity index (χ3n) is 2.29. The molecule has 19 heavy (non-hydrogen) atoms. The highest BCUT2D eigenvalue weighted by molar-refractivity contribution is 7.22. The fraction of sp³-hybridized carbons (Fsp3) is 0.182. The number of carboxylic acids is 1. The number of anilines is 1. The van der Waals surface area contributed by atoms with Crippen LogP contribution in [0.1, 0.15) is 6.92 Å². The maximum absolute atomic E-state index is 11.5. The Hall–Kier alpha value is -1.86. The minimum atomic E-state index is -1.11. The van der Waals surface area contributed by atoms with Gasteiger partial charge < -0.3 is 10.4 Å². The lowest BCUT2D eigenvalue weighted by Crippen LogP contribution is -2.40. The molecule has 6 nitrogen and oxygen atoms in total. The lowest BCUT2D eigenvalue weighted by molar-refractivity contribution is -0.138. The van der Waals surface area contributed by atoms with E-state index in [0.29, 0.717) is 10.2 Å². The van der Waals surface area contributed by atoms with Gasteiger partial charge in [0.25, 0.3) is 0 Å². The van der Waals surface area contributed by atoms with Crippen molar-refractivity contribution in [2.24, 2.45) is 0 Å². The van der Waals surface area contributed by atoms with E-state index < -0.39 is 18.0 Å². The van der Waals surface area contributed by atoms with Crippen LogP contribution in [0.4, 0.5) is 9.93 Å². The van der Waals surface area contributed by atoms with Crippen LogP contribution in [0.5, 0.6) is 0 Å². The average molecular weight is 300 g/mol. The molecular weight excluding hydrogens is 290 g/mol. The quantitative estimate of drug-likeness (QED) is 0.812. The number of urea groups is 1. The molecule has 0 aliphatic rings. The van der Waals surface area contributed by atoms with Crippen LogP contribution in [0.25, 0.3) is 10.2 Å². The molecule has 3 N–H and O–H groups in total. The van der Waals surface area contributed by atoms with Crippen molar-refractivity contribution in [2.75, 3.05) is 5.32 Å². The van der Waals surface area contributed by atoms with E-state index >= 15 is 0 Å². The third kappa shape index (κ3) is 3.33. The van der Waals surface area contributed by atoms with Crippen molar-refractivity contribution < 1.29 is 14.7 Å². The highest BCUT2D eigenvalue weighted by Crippen LogP contribution is 2.28. The summed E-state index contributed by atoms with van der Waals surface area (Å²) in [6.07, 6.45) is 0. The van der Waals surface area contributed by atoms with E-state index in [1.807, 2.05) is 0 Å². The van der Waals surface area contributed by atoms with E-state index in [1.54, 1.807) is 18.2 Å². The molecule has 1 aromatic heterocycles. The number of nitrogens with one attached hydrogen (secondary N) is 2. The van der Waals surface area contributed by atoms with E-state index in [9.17, 15) is 9.59 Å². The van der Waals surface area contributed by atoms with Crippen LogP contribution in [0, 0.1) is 0 Å². The van der Waals surface area contributed by atoms with E-state index in [4.69, 9.17) is 16.7 Å². The Labute approximate surface area is 117 Å². The third-order valence-corrected chi connectivity index (χ3v) is 3.46. The van der Waals surface area contributed by atoms with Crippen LogP contribution in [-0.2, 0) is 4.79 Å². The first kappa shape index (κ1) is 13.6. The van der Waals surface area contributed by atoms with E-state index in [-0.39, 0.29) is 0 Å². The van der Waals surface area contributed by atoms with Gasteiger partial charge in [0.05, 0.1) is 10.2 Å². The molecule has 0 fully saturated rings. The molecule has 8 heteroatoms. The average Bonchev–Trinajstić information content (AvgIpc) is 2.69. The molecule has 0 radical (unpaired) electrons. The summed E-state index contributed by atoms with van der Waals surface area (Å²) in [4.78, 5) is 26.3. The van der Waals surface area contributed by atoms with Crippen LogP contribution in [-0.4, -0.2) is 28.1 Å². The van der Waals surface area contributed by atoms with Gasteiger partial charge in [-0.3, -0.25) is 10.1 Å². The summed E-state index contributed by atoms with van der Waals surface area (Å²) < 4.78 is 0.842. The largest absolute Gasteiger partial charge is 0.480 e. The lowest BCUT2D eigenvalue weighted by Gasteiger charge is -2.08. The van der Waals surface area contributed by atoms with E-state index in [0.717, 1.165) is 10.2 Å². The summed E-state index contributed by atoms with van der Waals surface area (Å²) in [6.45, 7) is 1.38. The number of carbonyl (C=O) groups excluding carboxylic acids is 1. The number of hydrogen-bond acceptors (Lipinski definition) is 4. The zero-order valence-corrected chi connectivity index (χ0v) is 11.4. The highest BCUT2D eigenvalue weighted by Gasteiger charge is 2.15. The number of carboxylic acid groups (broad SMARTS) is 1. The molecule has 0 aliphatic carbocycles. The summed E-state index contributed by atoms with van der Waals surface area (Å²) in [5.74, 6) is -1.11. The molecule has 100 valence electrons. The number of amides is 2. The molecule has 0 unspecified atom stereocenters. The van der Waals surface area contributed by atoms with Gasteiger partial charge in [0.15, 0.2) is 5.13 Å². The number of carbonyl (C=O) groups is 2. The monoisotopic (exact) mass is 299 g/mol. The second-order valence-corrected chi connectivity index (χ2v) is 5.26. The molecule has 0 bridgehead atoms. The van der Waals surface area contributed by atoms with Gasteiger partial charge in [0, 0.05) is 5.02 Å². The smallest absolute Gasteiger partial charge is 0.325 e. The topological polar surface area (TPSA) is 91.3 Å². The van der Waals surface area contributed by atoms with Crippen molar-refractivity contribution in [3.63, 3.8) is 0 Å². The van der Waals surface area contributed by atoms with Crippen LogP contribution >= 0.6 is 22.9 Å². The Bertz CT molecular complexity index is 643. The number of halogens is 1. The first-order valence-electron chi connectivity index (χ1n) is 5.32. The number of aliphatic carboxylic acids is 1. The number of aromatic nitrogens is 1. The molecule has 2 rings (SSSR count). The molecule has 0 spiro atoms. The molecule has 1 aromatic carbocycles. The summed E-state index contributed by atoms with van der Waals surface area (Å²) >= 11 is 7.11. The number of thiazole rings is 1. The van der Waals surface area contributed by atoms with Gasteiger partial charge in [-0.25, -0.2) is 9.78 Å². The van der Waals surface area contributed by atoms with Gasteiger partial charge >= 0.3 is 12.0 Å². The molecule has 1 heterocycles. The molecule has 2 aromatic rings. The number of benzene rings is 1. The van der Waals surface area contributed by atoms with E-state index in [1.165, 1.54) is 18.3 Å². The Morgan fingerprint density at radius 3 is 2.89 bits per heavy atom. The Kier molecular flexibility index (Phi) is 3.87. The van der Waals surface area contributed by atoms with E-state index in [2.05, 4.69) is 15.6 Å². The second kappa shape index (κ2) is 5.41. The van der Waals surface area contributed by atoms with Gasteiger partial charge in [0.1, 0.15) is 6.04 Å². The Morgan fingerprint density at radius 2 is 2.21 bits per heavy atom. The molecule has 0 aliphatic heterocycles. The maximum atomic E-state index is 11.5. The number of fused-ring (bicyclic) bond motifs is 1. The van der Waals surface area contributed by atoms with Crippen LogP contribution in [0.2, 0.25) is 5.02 Å². The second-order valence-electron chi connectivity index (χ2n) is 3.79. The predicted molar refractivity (Wildman–Crippen MR) is 73.9 cm³/mol. The van der Waals surface area contributed by atoms with Crippen molar-refractivity contribution in [2.45, 2.75) is 13.0 Å². The standard InChI is InChI=1S/C11H10ClN3O3S/c1-5(9(16)17)13-10(18)15-11-14-7-3-2-6(12)4-8(7)19-11/h2-5H,1H3,(H,16,17)(H2,13,14,15,18)/t5-/m0/s1. The SMILES string of the molecule is C[C@H](NC(=O)Nc1nc2ccc(Cl)cc2s1)C(=O)O. The number of hydrogen-bond donors (Lipinski definition) is 3. The number of nitrogens with zero attached hydrogens (tertiary/aromatic N) is 1. The summed E-state index contributed by atoms with van der Waals surface area (Å²) in [5.41, 5.74) is 0.719. The molecule has 0 saturated carbocycles. The van der Waals surface area contributed by atoms with Crippen molar-refractivity contribution in [3.05, 3.63) is 23.2 Å². The Balaban J connectivity index is 2.09. The van der Waals surface area contributed by atoms with Crippen LogP contribution < -0.4 is 10.6 Å². The first-order valence-corrected chi connectivity index (χ1v) is 6.51. The predicted octanol–water partition coefficient (Wildman–Crippen LogP) is 2.54. The van der Waals surface area contributed by atoms with Crippen molar-refractivity contribution in [1.82, 2.24) is 10.3 Å². The van der Waals surface area contributed by atoms with Gasteiger partial charge in [0.2, 0.25) is 0 Å². The van der Waals surface area contributed by atoms with Crippen molar-refractivity contribution >= 4 is 50.3 Å². The van der Waals surface area contributed by atoms with Crippen LogP contribution in [0.15, 0.2) is 18.2 Å². The minimum absolute atomic E-state index is 0.382. The van der Waals surface area contributed by atoms with Gasteiger partial charge in [-0.05, 0) is 25.1 Å². The molecule has 2 amide bonds. The lowest BCUT2D eigenvalue weighted by atomic mass is 10.3. The molecule has 0 saturated heterocycles. The fourth-order valence-corrected chi connectivity index (χ4v) is 2.48. The Morgan fingerprint density at radius 1 is 1.47 bits per heavy atom. The van der Waals surface area contributed by atoms with Gasteiger partial charge in [-0.2, -0.15) is 0 Å².